The molecule has 2 amide bonds. The molecule has 0 radical (unpaired) electrons. The van der Waals surface area contributed by atoms with Gasteiger partial charge in [0.15, 0.2) is 6.61 Å². The second-order valence-corrected chi connectivity index (χ2v) is 6.91. The van der Waals surface area contributed by atoms with Crippen molar-refractivity contribution in [3.63, 3.8) is 0 Å². The van der Waals surface area contributed by atoms with Crippen molar-refractivity contribution in [2.45, 2.75) is 13.0 Å². The lowest BCUT2D eigenvalue weighted by Crippen LogP contribution is -2.26. The van der Waals surface area contributed by atoms with Gasteiger partial charge >= 0.3 is 5.97 Å². The van der Waals surface area contributed by atoms with E-state index in [1.807, 2.05) is 30.3 Å². The van der Waals surface area contributed by atoms with Crippen molar-refractivity contribution >= 4 is 23.5 Å². The topological polar surface area (TPSA) is 93.7 Å². The van der Waals surface area contributed by atoms with Crippen molar-refractivity contribution in [2.75, 3.05) is 19.0 Å². The van der Waals surface area contributed by atoms with E-state index in [0.29, 0.717) is 29.1 Å². The monoisotopic (exact) mass is 432 g/mol. The SMILES string of the molecule is COc1ccccc1CC(=O)OCC(=O)Nc1ccccc1C(=O)NCc1ccccc1. The fourth-order valence-electron chi connectivity index (χ4n) is 3.05. The molecule has 32 heavy (non-hydrogen) atoms. The van der Waals surface area contributed by atoms with Crippen LogP contribution in [0.5, 0.6) is 5.75 Å². The fourth-order valence-corrected chi connectivity index (χ4v) is 3.05. The van der Waals surface area contributed by atoms with Crippen LogP contribution in [0.2, 0.25) is 0 Å². The summed E-state index contributed by atoms with van der Waals surface area (Å²) in [5.74, 6) is -0.845. The summed E-state index contributed by atoms with van der Waals surface area (Å²) in [5.41, 5.74) is 2.28. The third-order valence-corrected chi connectivity index (χ3v) is 4.63. The van der Waals surface area contributed by atoms with Gasteiger partial charge in [-0.2, -0.15) is 0 Å². The number of methoxy groups -OCH3 is 1. The van der Waals surface area contributed by atoms with Crippen molar-refractivity contribution in [3.8, 4) is 5.75 Å². The maximum absolute atomic E-state index is 12.6. The molecule has 0 heterocycles. The molecule has 0 unspecified atom stereocenters. The number of hydrogen-bond acceptors (Lipinski definition) is 5. The number of anilines is 1. The molecule has 0 aliphatic carbocycles. The number of ether oxygens (including phenoxy) is 2. The lowest BCUT2D eigenvalue weighted by Gasteiger charge is -2.12. The van der Waals surface area contributed by atoms with Crippen molar-refractivity contribution < 1.29 is 23.9 Å². The number of esters is 1. The van der Waals surface area contributed by atoms with Crippen LogP contribution in [0.15, 0.2) is 78.9 Å². The second kappa shape index (κ2) is 11.3. The Bertz CT molecular complexity index is 1080. The molecule has 164 valence electrons. The zero-order valence-electron chi connectivity index (χ0n) is 17.7. The Morgan fingerprint density at radius 3 is 2.31 bits per heavy atom. The van der Waals surface area contributed by atoms with Gasteiger partial charge in [-0.05, 0) is 23.8 Å². The fraction of sp³-hybridized carbons (Fsp3) is 0.160. The molecule has 0 atom stereocenters. The van der Waals surface area contributed by atoms with Crippen LogP contribution in [0, 0.1) is 0 Å². The first-order valence-electron chi connectivity index (χ1n) is 10.1. The average molecular weight is 432 g/mol. The molecule has 0 saturated heterocycles. The Hall–Kier alpha value is -4.13. The van der Waals surface area contributed by atoms with E-state index in [4.69, 9.17) is 9.47 Å². The number of para-hydroxylation sites is 2. The Kier molecular flexibility index (Phi) is 7.97. The van der Waals surface area contributed by atoms with Crippen molar-refractivity contribution in [2.24, 2.45) is 0 Å². The summed E-state index contributed by atoms with van der Waals surface area (Å²) >= 11 is 0. The molecule has 7 nitrogen and oxygen atoms in total. The van der Waals surface area contributed by atoms with E-state index < -0.39 is 18.5 Å². The minimum Gasteiger partial charge on any atom is -0.496 e. The maximum atomic E-state index is 12.6. The van der Waals surface area contributed by atoms with Crippen LogP contribution in [0.25, 0.3) is 0 Å². The van der Waals surface area contributed by atoms with Gasteiger partial charge in [0.25, 0.3) is 11.8 Å². The molecule has 0 fully saturated rings. The van der Waals surface area contributed by atoms with Gasteiger partial charge in [0.2, 0.25) is 0 Å². The average Bonchev–Trinajstić information content (AvgIpc) is 2.82. The first-order chi connectivity index (χ1) is 15.6. The summed E-state index contributed by atoms with van der Waals surface area (Å²) in [6.45, 7) is -0.101. The summed E-state index contributed by atoms with van der Waals surface area (Å²) in [4.78, 5) is 37.0. The number of rotatable bonds is 9. The van der Waals surface area contributed by atoms with Gasteiger partial charge in [0.1, 0.15) is 5.75 Å². The predicted molar refractivity (Wildman–Crippen MR) is 120 cm³/mol. The summed E-state index contributed by atoms with van der Waals surface area (Å²) < 4.78 is 10.3. The first kappa shape index (κ1) is 22.6. The van der Waals surface area contributed by atoms with E-state index in [1.165, 1.54) is 7.11 Å². The molecule has 0 aliphatic heterocycles. The molecule has 3 rings (SSSR count). The molecule has 0 spiro atoms. The highest BCUT2D eigenvalue weighted by atomic mass is 16.5. The quantitative estimate of drug-likeness (QED) is 0.506. The van der Waals surface area contributed by atoms with Gasteiger partial charge in [0.05, 0.1) is 24.8 Å². The first-order valence-corrected chi connectivity index (χ1v) is 10.1. The van der Waals surface area contributed by atoms with Gasteiger partial charge < -0.3 is 20.1 Å². The Labute approximate surface area is 186 Å². The van der Waals surface area contributed by atoms with Gasteiger partial charge in [-0.15, -0.1) is 0 Å². The van der Waals surface area contributed by atoms with E-state index in [1.54, 1.807) is 48.5 Å². The molecular formula is C25H24N2O5. The van der Waals surface area contributed by atoms with Crippen LogP contribution in [-0.4, -0.2) is 31.5 Å². The summed E-state index contributed by atoms with van der Waals surface area (Å²) in [6.07, 6.45) is -0.0181. The molecular weight excluding hydrogens is 408 g/mol. The number of hydrogen-bond donors (Lipinski definition) is 2. The number of carbonyl (C=O) groups excluding carboxylic acids is 3. The smallest absolute Gasteiger partial charge is 0.310 e. The minimum atomic E-state index is -0.557. The van der Waals surface area contributed by atoms with Crippen molar-refractivity contribution in [1.29, 1.82) is 0 Å². The zero-order valence-corrected chi connectivity index (χ0v) is 17.7. The van der Waals surface area contributed by atoms with Crippen LogP contribution in [-0.2, 0) is 27.3 Å². The van der Waals surface area contributed by atoms with E-state index >= 15 is 0 Å². The Morgan fingerprint density at radius 2 is 1.53 bits per heavy atom. The highest BCUT2D eigenvalue weighted by molar-refractivity contribution is 6.04. The third-order valence-electron chi connectivity index (χ3n) is 4.63. The number of benzene rings is 3. The maximum Gasteiger partial charge on any atom is 0.310 e. The van der Waals surface area contributed by atoms with E-state index in [9.17, 15) is 14.4 Å². The molecule has 3 aromatic rings. The largest absolute Gasteiger partial charge is 0.496 e. The van der Waals surface area contributed by atoms with Crippen LogP contribution < -0.4 is 15.4 Å². The van der Waals surface area contributed by atoms with E-state index in [0.717, 1.165) is 5.56 Å². The summed E-state index contributed by atoms with van der Waals surface area (Å²) in [7, 11) is 1.52. The van der Waals surface area contributed by atoms with E-state index in [2.05, 4.69) is 10.6 Å². The van der Waals surface area contributed by atoms with Crippen LogP contribution >= 0.6 is 0 Å². The van der Waals surface area contributed by atoms with Gasteiger partial charge in [0, 0.05) is 12.1 Å². The number of nitrogens with one attached hydrogen (secondary N) is 2. The van der Waals surface area contributed by atoms with Gasteiger partial charge in [-0.25, -0.2) is 0 Å². The van der Waals surface area contributed by atoms with Gasteiger partial charge in [-0.1, -0.05) is 60.7 Å². The minimum absolute atomic E-state index is 0.0181. The Balaban J connectivity index is 1.53. The van der Waals surface area contributed by atoms with Crippen molar-refractivity contribution in [3.05, 3.63) is 95.6 Å². The third kappa shape index (κ3) is 6.43. The number of carbonyl (C=O) groups is 3. The van der Waals surface area contributed by atoms with Crippen molar-refractivity contribution in [1.82, 2.24) is 5.32 Å². The lowest BCUT2D eigenvalue weighted by atomic mass is 10.1. The molecule has 0 bridgehead atoms. The Morgan fingerprint density at radius 1 is 0.844 bits per heavy atom. The standard InChI is InChI=1S/C25H24N2O5/c1-31-22-14-8-5-11-19(22)15-24(29)32-17-23(28)27-21-13-7-6-12-20(21)25(30)26-16-18-9-3-2-4-10-18/h2-14H,15-17H2,1H3,(H,26,30)(H,27,28). The predicted octanol–water partition coefficient (Wildman–Crippen LogP) is 3.35. The highest BCUT2D eigenvalue weighted by Crippen LogP contribution is 2.18. The lowest BCUT2D eigenvalue weighted by molar-refractivity contribution is -0.146. The second-order valence-electron chi connectivity index (χ2n) is 6.91. The highest BCUT2D eigenvalue weighted by Gasteiger charge is 2.15. The molecule has 7 heteroatoms. The van der Waals surface area contributed by atoms with E-state index in [-0.39, 0.29) is 12.3 Å². The molecule has 2 N–H and O–H groups in total. The van der Waals surface area contributed by atoms with Gasteiger partial charge in [-0.3, -0.25) is 14.4 Å². The normalized spacial score (nSPS) is 10.2. The molecule has 0 saturated carbocycles. The van der Waals surface area contributed by atoms with Crippen LogP contribution in [0.4, 0.5) is 5.69 Å². The summed E-state index contributed by atoms with van der Waals surface area (Å²) in [6, 6.07) is 23.2. The molecule has 0 aromatic heterocycles. The van der Waals surface area contributed by atoms with Crippen LogP contribution in [0.3, 0.4) is 0 Å². The molecule has 3 aromatic carbocycles. The van der Waals surface area contributed by atoms with Crippen LogP contribution in [0.1, 0.15) is 21.5 Å². The zero-order chi connectivity index (χ0) is 22.8. The number of amides is 2. The summed E-state index contributed by atoms with van der Waals surface area (Å²) in [5, 5.41) is 5.46. The molecule has 0 aliphatic rings.